The van der Waals surface area contributed by atoms with Crippen molar-refractivity contribution in [3.8, 4) is 6.07 Å². The van der Waals surface area contributed by atoms with Crippen molar-refractivity contribution < 1.29 is 9.18 Å². The van der Waals surface area contributed by atoms with E-state index in [1.807, 2.05) is 6.07 Å². The summed E-state index contributed by atoms with van der Waals surface area (Å²) in [6, 6.07) is 5.81. The van der Waals surface area contributed by atoms with Crippen molar-refractivity contribution in [3.05, 3.63) is 29.6 Å². The molecule has 0 spiro atoms. The molecule has 3 nitrogen and oxygen atoms in total. The smallest absolute Gasteiger partial charge is 0.223 e. The Morgan fingerprint density at radius 1 is 1.57 bits per heavy atom. The molecule has 14 heavy (non-hydrogen) atoms. The first-order valence-electron chi connectivity index (χ1n) is 4.00. The minimum Gasteiger partial charge on any atom is -0.313 e. The van der Waals surface area contributed by atoms with Crippen LogP contribution in [0.5, 0.6) is 0 Å². The number of carbonyl (C=O) groups excluding carboxylic acids is 1. The second-order valence-corrected chi connectivity index (χ2v) is 2.86. The van der Waals surface area contributed by atoms with Gasteiger partial charge in [-0.2, -0.15) is 5.26 Å². The summed E-state index contributed by atoms with van der Waals surface area (Å²) in [5, 5.41) is 8.50. The number of hydrogen-bond donors (Lipinski definition) is 0. The van der Waals surface area contributed by atoms with Crippen LogP contribution >= 0.6 is 0 Å². The van der Waals surface area contributed by atoms with Crippen LogP contribution < -0.4 is 4.90 Å². The van der Waals surface area contributed by atoms with Gasteiger partial charge < -0.3 is 4.90 Å². The number of amides is 1. The number of hydrogen-bond acceptors (Lipinski definition) is 2. The van der Waals surface area contributed by atoms with Gasteiger partial charge in [0.2, 0.25) is 5.91 Å². The molecule has 0 aromatic heterocycles. The van der Waals surface area contributed by atoms with Crippen molar-refractivity contribution in [2.45, 2.75) is 6.92 Å². The van der Waals surface area contributed by atoms with Gasteiger partial charge in [-0.3, -0.25) is 4.79 Å². The summed E-state index contributed by atoms with van der Waals surface area (Å²) in [6.07, 6.45) is 0. The highest BCUT2D eigenvalue weighted by Gasteiger charge is 2.10. The second kappa shape index (κ2) is 3.88. The third kappa shape index (κ3) is 1.88. The minimum atomic E-state index is -0.568. The van der Waals surface area contributed by atoms with E-state index in [4.69, 9.17) is 5.26 Å². The Bertz CT molecular complexity index is 409. The van der Waals surface area contributed by atoms with Gasteiger partial charge in [0.05, 0.1) is 17.3 Å². The molecule has 0 aliphatic rings. The summed E-state index contributed by atoms with van der Waals surface area (Å²) in [7, 11) is 1.48. The minimum absolute atomic E-state index is 0.177. The maximum absolute atomic E-state index is 13.3. The van der Waals surface area contributed by atoms with Gasteiger partial charge in [-0.25, -0.2) is 4.39 Å². The van der Waals surface area contributed by atoms with E-state index in [9.17, 15) is 9.18 Å². The zero-order chi connectivity index (χ0) is 10.7. The van der Waals surface area contributed by atoms with Gasteiger partial charge in [0.1, 0.15) is 5.82 Å². The average molecular weight is 192 g/mol. The van der Waals surface area contributed by atoms with E-state index in [1.54, 1.807) is 0 Å². The van der Waals surface area contributed by atoms with E-state index < -0.39 is 5.82 Å². The summed E-state index contributed by atoms with van der Waals surface area (Å²) >= 11 is 0. The lowest BCUT2D eigenvalue weighted by atomic mass is 10.2. The molecule has 0 bridgehead atoms. The van der Waals surface area contributed by atoms with Gasteiger partial charge in [-0.15, -0.1) is 0 Å². The molecule has 0 saturated heterocycles. The fraction of sp³-hybridized carbons (Fsp3) is 0.200. The highest BCUT2D eigenvalue weighted by atomic mass is 19.1. The van der Waals surface area contributed by atoms with E-state index in [-0.39, 0.29) is 17.2 Å². The molecular weight excluding hydrogens is 183 g/mol. The van der Waals surface area contributed by atoms with Crippen LogP contribution in [0.25, 0.3) is 0 Å². The highest BCUT2D eigenvalue weighted by molar-refractivity contribution is 5.91. The molecule has 1 amide bonds. The average Bonchev–Trinajstić information content (AvgIpc) is 2.16. The molecule has 0 N–H and O–H groups in total. The number of halogens is 1. The quantitative estimate of drug-likeness (QED) is 0.679. The van der Waals surface area contributed by atoms with Crippen LogP contribution in [0.4, 0.5) is 10.1 Å². The van der Waals surface area contributed by atoms with Crippen LogP contribution in [-0.4, -0.2) is 13.0 Å². The number of nitrogens with zero attached hydrogens (tertiary/aromatic N) is 2. The summed E-state index contributed by atoms with van der Waals surface area (Å²) in [4.78, 5) is 12.1. The third-order valence-electron chi connectivity index (χ3n) is 1.91. The van der Waals surface area contributed by atoms with Crippen molar-refractivity contribution in [1.82, 2.24) is 0 Å². The zero-order valence-corrected chi connectivity index (χ0v) is 7.91. The van der Waals surface area contributed by atoms with Crippen LogP contribution in [0, 0.1) is 17.1 Å². The molecule has 0 unspecified atom stereocenters. The Morgan fingerprint density at radius 2 is 2.21 bits per heavy atom. The number of nitriles is 1. The number of benzene rings is 1. The van der Waals surface area contributed by atoms with E-state index in [1.165, 1.54) is 31.0 Å². The van der Waals surface area contributed by atoms with Crippen LogP contribution in [0.2, 0.25) is 0 Å². The molecule has 1 rings (SSSR count). The third-order valence-corrected chi connectivity index (χ3v) is 1.91. The van der Waals surface area contributed by atoms with Crippen molar-refractivity contribution >= 4 is 11.6 Å². The summed E-state index contributed by atoms with van der Waals surface area (Å²) in [5.74, 6) is -0.824. The summed E-state index contributed by atoms with van der Waals surface area (Å²) in [6.45, 7) is 1.34. The summed E-state index contributed by atoms with van der Waals surface area (Å²) in [5.41, 5.74) is 0.416. The molecule has 0 atom stereocenters. The van der Waals surface area contributed by atoms with Crippen molar-refractivity contribution in [2.75, 3.05) is 11.9 Å². The fourth-order valence-electron chi connectivity index (χ4n) is 1.02. The topological polar surface area (TPSA) is 44.1 Å². The lowest BCUT2D eigenvalue weighted by Gasteiger charge is -2.15. The van der Waals surface area contributed by atoms with Crippen molar-refractivity contribution in [2.24, 2.45) is 0 Å². The predicted octanol–water partition coefficient (Wildman–Crippen LogP) is 1.68. The Morgan fingerprint density at radius 3 is 2.64 bits per heavy atom. The van der Waals surface area contributed by atoms with Crippen LogP contribution in [0.1, 0.15) is 12.5 Å². The molecule has 0 radical (unpaired) electrons. The van der Waals surface area contributed by atoms with E-state index in [2.05, 4.69) is 0 Å². The molecule has 0 fully saturated rings. The standard InChI is InChI=1S/C10H9FN2O/c1-7(14)13(2)10-4-3-8(6-12)5-9(10)11/h3-5H,1-2H3. The molecule has 1 aromatic rings. The molecule has 0 aliphatic carbocycles. The van der Waals surface area contributed by atoms with E-state index in [0.717, 1.165) is 6.07 Å². The lowest BCUT2D eigenvalue weighted by molar-refractivity contribution is -0.116. The molecule has 0 saturated carbocycles. The predicted molar refractivity (Wildman–Crippen MR) is 50.2 cm³/mol. The van der Waals surface area contributed by atoms with Gasteiger partial charge in [-0.1, -0.05) is 0 Å². The number of carbonyl (C=O) groups is 1. The van der Waals surface area contributed by atoms with E-state index in [0.29, 0.717) is 0 Å². The normalized spacial score (nSPS) is 9.29. The molecule has 1 aromatic carbocycles. The molecule has 0 aliphatic heterocycles. The Balaban J connectivity index is 3.13. The molecule has 4 heteroatoms. The Hall–Kier alpha value is -1.89. The van der Waals surface area contributed by atoms with Gasteiger partial charge >= 0.3 is 0 Å². The van der Waals surface area contributed by atoms with Gasteiger partial charge in [0.15, 0.2) is 0 Å². The number of rotatable bonds is 1. The molecular formula is C10H9FN2O. The maximum Gasteiger partial charge on any atom is 0.223 e. The van der Waals surface area contributed by atoms with Gasteiger partial charge in [0, 0.05) is 14.0 Å². The van der Waals surface area contributed by atoms with Crippen molar-refractivity contribution in [1.29, 1.82) is 5.26 Å². The molecule has 0 heterocycles. The first-order valence-corrected chi connectivity index (χ1v) is 4.00. The van der Waals surface area contributed by atoms with Crippen molar-refractivity contribution in [3.63, 3.8) is 0 Å². The molecule has 72 valence electrons. The zero-order valence-electron chi connectivity index (χ0n) is 7.91. The van der Waals surface area contributed by atoms with Gasteiger partial charge in [-0.05, 0) is 18.2 Å². The summed E-state index contributed by atoms with van der Waals surface area (Å²) < 4.78 is 13.3. The fourth-order valence-corrected chi connectivity index (χ4v) is 1.02. The van der Waals surface area contributed by atoms with Crippen LogP contribution in [0.3, 0.4) is 0 Å². The maximum atomic E-state index is 13.3. The highest BCUT2D eigenvalue weighted by Crippen LogP contribution is 2.18. The van der Waals surface area contributed by atoms with Gasteiger partial charge in [0.25, 0.3) is 0 Å². The SMILES string of the molecule is CC(=O)N(C)c1ccc(C#N)cc1F. The Labute approximate surface area is 81.4 Å². The monoisotopic (exact) mass is 192 g/mol. The lowest BCUT2D eigenvalue weighted by Crippen LogP contribution is -2.23. The van der Waals surface area contributed by atoms with Crippen LogP contribution in [0.15, 0.2) is 18.2 Å². The van der Waals surface area contributed by atoms with Crippen LogP contribution in [-0.2, 0) is 4.79 Å². The van der Waals surface area contributed by atoms with E-state index >= 15 is 0 Å². The first kappa shape index (κ1) is 10.2. The first-order chi connectivity index (χ1) is 6.56. The largest absolute Gasteiger partial charge is 0.313 e. The number of anilines is 1. The second-order valence-electron chi connectivity index (χ2n) is 2.86. The Kier molecular flexibility index (Phi) is 2.82.